The zero-order valence-corrected chi connectivity index (χ0v) is 74.5. The van der Waals surface area contributed by atoms with Crippen molar-refractivity contribution in [3.63, 3.8) is 0 Å². The molecule has 11 rings (SSSR count). The fourth-order valence-corrected chi connectivity index (χ4v) is 14.1. The fraction of sp³-hybridized carbons (Fsp3) is 0.529. The zero-order valence-electron chi connectivity index (χ0n) is 67.2. The second-order valence-electron chi connectivity index (χ2n) is 30.3. The molecular formula is C87H129Cl3N7O7SU-. The van der Waals surface area contributed by atoms with E-state index in [1.807, 2.05) is 48.5 Å². The molecule has 1 N–H and O–H groups in total. The van der Waals surface area contributed by atoms with Crippen LogP contribution in [0.4, 0.5) is 0 Å². The van der Waals surface area contributed by atoms with Gasteiger partial charge >= 0.3 is 0 Å². The Morgan fingerprint density at radius 2 is 1.07 bits per heavy atom. The van der Waals surface area contributed by atoms with Gasteiger partial charge in [-0.25, -0.2) is 13.4 Å². The van der Waals surface area contributed by atoms with Gasteiger partial charge < -0.3 is 41.2 Å². The minimum atomic E-state index is -2.84. The van der Waals surface area contributed by atoms with Gasteiger partial charge in [-0.15, -0.1) is 0 Å². The number of morpholine rings is 1. The molecule has 0 saturated carbocycles. The zero-order chi connectivity index (χ0) is 76.3. The van der Waals surface area contributed by atoms with E-state index in [4.69, 9.17) is 53.9 Å². The number of rotatable bonds is 20. The topological polar surface area (TPSA) is 135 Å². The maximum Gasteiger partial charge on any atom is 0.181 e. The van der Waals surface area contributed by atoms with E-state index in [1.54, 1.807) is 30.5 Å². The van der Waals surface area contributed by atoms with Crippen LogP contribution in [0, 0.1) is 62.2 Å². The van der Waals surface area contributed by atoms with Gasteiger partial charge in [-0.3, -0.25) is 14.6 Å². The molecule has 4 aliphatic heterocycles. The average molecular weight is 1760 g/mol. The first-order valence-corrected chi connectivity index (χ1v) is 40.9. The molecule has 1 aromatic heterocycles. The van der Waals surface area contributed by atoms with Crippen LogP contribution in [-0.4, -0.2) is 191 Å². The van der Waals surface area contributed by atoms with Crippen molar-refractivity contribution >= 4 is 50.4 Å². The Hall–Kier alpha value is -4.45. The first-order chi connectivity index (χ1) is 49.5. The quantitative estimate of drug-likeness (QED) is 0.0573. The normalized spacial score (nSPS) is 15.8. The number of hydrogen-bond donors (Lipinski definition) is 1. The summed E-state index contributed by atoms with van der Waals surface area (Å²) in [6.07, 6.45) is 4.41. The molecule has 14 nitrogen and oxygen atoms in total. The largest absolute Gasteiger partial charge is 0.493 e. The number of ketones is 1. The number of aromatic nitrogens is 1. The summed E-state index contributed by atoms with van der Waals surface area (Å²) in [6.45, 7) is 52.2. The Morgan fingerprint density at radius 3 is 1.55 bits per heavy atom. The van der Waals surface area contributed by atoms with E-state index in [-0.39, 0.29) is 55.8 Å². The molecule has 7 aromatic rings. The molecule has 4 saturated heterocycles. The molecule has 4 aliphatic rings. The molecule has 0 atom stereocenters. The number of ether oxygens (including phenoxy) is 2. The molecule has 586 valence electrons. The van der Waals surface area contributed by atoms with Crippen LogP contribution >= 0.6 is 34.8 Å². The van der Waals surface area contributed by atoms with Crippen molar-refractivity contribution in [3.05, 3.63) is 208 Å². The van der Waals surface area contributed by atoms with Crippen molar-refractivity contribution in [2.24, 2.45) is 23.7 Å². The monoisotopic (exact) mass is 1760 g/mol. The molecule has 4 fully saturated rings. The van der Waals surface area contributed by atoms with E-state index < -0.39 is 9.84 Å². The number of halogens is 3. The molecule has 6 aromatic carbocycles. The molecular weight excluding hydrogens is 1630 g/mol. The minimum absolute atomic E-state index is 0. The van der Waals surface area contributed by atoms with E-state index in [0.29, 0.717) is 65.4 Å². The number of nitrogens with zero attached hydrogens (tertiary/aromatic N) is 7. The van der Waals surface area contributed by atoms with Crippen LogP contribution in [0.15, 0.2) is 151 Å². The first kappa shape index (κ1) is 95.8. The van der Waals surface area contributed by atoms with Gasteiger partial charge in [0.15, 0.2) is 22.0 Å². The number of Topliss-reactive ketones (excluding diaryl/α,β-unsaturated/α-hetero) is 1. The van der Waals surface area contributed by atoms with Gasteiger partial charge in [0.25, 0.3) is 0 Å². The molecule has 0 radical (unpaired) electrons. The van der Waals surface area contributed by atoms with Crippen LogP contribution in [0.1, 0.15) is 165 Å². The van der Waals surface area contributed by atoms with Crippen LogP contribution in [0.3, 0.4) is 0 Å². The number of carbonyl (C=O) groups excluding carboxylic acids is 1. The van der Waals surface area contributed by atoms with Crippen molar-refractivity contribution in [2.45, 2.75) is 141 Å². The predicted octanol–water partition coefficient (Wildman–Crippen LogP) is 19.6. The molecule has 0 spiro atoms. The number of hydroxylamine groups is 2. The van der Waals surface area contributed by atoms with E-state index in [2.05, 4.69) is 201 Å². The predicted molar refractivity (Wildman–Crippen MR) is 444 cm³/mol. The van der Waals surface area contributed by atoms with Crippen LogP contribution in [0.2, 0.25) is 15.1 Å². The Morgan fingerprint density at radius 1 is 0.566 bits per heavy atom. The van der Waals surface area contributed by atoms with E-state index in [9.17, 15) is 13.2 Å². The summed E-state index contributed by atoms with van der Waals surface area (Å²) in [7, 11) is -0.644. The molecule has 5 heterocycles. The summed E-state index contributed by atoms with van der Waals surface area (Å²) < 4.78 is 39.2. The van der Waals surface area contributed by atoms with Crippen molar-refractivity contribution in [1.82, 2.24) is 34.5 Å². The number of hydrogen-bond acceptors (Lipinski definition) is 14. The maximum absolute atomic E-state index is 12.3. The van der Waals surface area contributed by atoms with Gasteiger partial charge in [-0.05, 0) is 149 Å². The summed E-state index contributed by atoms with van der Waals surface area (Å²) in [5, 5.41) is 12.6. The summed E-state index contributed by atoms with van der Waals surface area (Å²) in [5.41, 5.74) is 12.2. The summed E-state index contributed by atoms with van der Waals surface area (Å²) in [6, 6.07) is 44.0. The van der Waals surface area contributed by atoms with Crippen molar-refractivity contribution in [2.75, 3.05) is 137 Å². The van der Waals surface area contributed by atoms with Gasteiger partial charge in [0.05, 0.1) is 36.3 Å². The third-order valence-corrected chi connectivity index (χ3v) is 20.5. The summed E-state index contributed by atoms with van der Waals surface area (Å²) in [5.74, 6) is 6.12. The van der Waals surface area contributed by atoms with Crippen LogP contribution < -0.4 is 4.74 Å². The number of oxazole rings is 1. The summed E-state index contributed by atoms with van der Waals surface area (Å²) >= 11 is 17.7. The second kappa shape index (κ2) is 51.2. The van der Waals surface area contributed by atoms with Gasteiger partial charge in [0.1, 0.15) is 17.7 Å². The second-order valence-corrected chi connectivity index (χ2v) is 33.9. The number of benzene rings is 6. The molecule has 0 unspecified atom stereocenters. The van der Waals surface area contributed by atoms with E-state index >= 15 is 0 Å². The van der Waals surface area contributed by atoms with Gasteiger partial charge in [0.2, 0.25) is 0 Å². The van der Waals surface area contributed by atoms with E-state index in [1.165, 1.54) is 84.1 Å². The van der Waals surface area contributed by atoms with Gasteiger partial charge in [0, 0.05) is 169 Å². The van der Waals surface area contributed by atoms with Crippen LogP contribution in [0.25, 0.3) is 22.4 Å². The molecule has 106 heavy (non-hydrogen) atoms. The Balaban J connectivity index is 0.000000330. The molecule has 19 heteroatoms. The van der Waals surface area contributed by atoms with Crippen LogP contribution in [-0.2, 0) is 34.0 Å². The Kier molecular flexibility index (Phi) is 46.2. The van der Waals surface area contributed by atoms with E-state index in [0.717, 1.165) is 123 Å². The van der Waals surface area contributed by atoms with Crippen molar-refractivity contribution in [1.29, 1.82) is 0 Å². The third kappa shape index (κ3) is 37.0. The molecule has 0 bridgehead atoms. The third-order valence-electron chi connectivity index (χ3n) is 18.1. The Bertz CT molecular complexity index is 3560. The standard InChI is InChI=1S/C21H28O.C19H20ClNO3S.C12H12ClNO.C9H11Cl.C9H20N2.C8H18N2O.C8H17NO.CH3.U/c1-6-22-21-18(14-15(2)3)12-13-19(16(4)5)20(21)17-10-8-7-9-11-17;20-18-7-5-17(6-8-18)19(22)13-15-1-3-16(4-2-15)14-21-9-11-25(23,24)12-10-21;1-8(2)9-3-4-11(13)10(5-9)12-6-15-7-14-12;1-7(2)8-3-5-9(10)6-4-8;1-9(2)8-11-6-4-10(3)5-7-11;1-8(2)7-9-3-5-10(11)6-4-9;1-8(2)7-9-3-5-10-6-4-9;;/h7-13,15-16H,6,14H2,1-5H3;1-8H,9-14H2;3-8H,1-2H3;3-7H,1-2H3;9H,4-8H2,1-3H3;8,11H,3-7H2,1-2H3;8H,3-7H2,1-2H3;1H3;/q;;;;;;;-1;. The number of sulfone groups is 1. The van der Waals surface area contributed by atoms with Crippen molar-refractivity contribution < 1.29 is 63.4 Å². The average Bonchev–Trinajstić information content (AvgIpc) is 0.801. The molecule has 0 aliphatic carbocycles. The SMILES string of the molecule is CC(C)CN1CCN(C)CC1.CC(C)CN1CCN(O)CC1.CC(C)CN1CCOCC1.CC(C)c1ccc(Cl)c(-c2cocn2)c1.CC(C)c1ccc(Cl)cc1.CCOc1c(CC(C)C)ccc(C(C)C)c1-c1ccccc1.O=C(Cc1ccc(CN2CCS(=O)(=O)CC2)cc1)c1ccc(Cl)cc1.[CH3-].[U]. The molecule has 0 amide bonds. The van der Waals surface area contributed by atoms with Crippen LogP contribution in [0.5, 0.6) is 5.75 Å². The van der Waals surface area contributed by atoms with Crippen molar-refractivity contribution in [3.8, 4) is 28.1 Å². The minimum Gasteiger partial charge on any atom is -0.493 e. The summed E-state index contributed by atoms with van der Waals surface area (Å²) in [4.78, 5) is 28.4. The number of piperazine rings is 2. The Labute approximate surface area is 679 Å². The smallest absolute Gasteiger partial charge is 0.181 e. The van der Waals surface area contributed by atoms with Gasteiger partial charge in [-0.1, -0.05) is 217 Å². The number of likely N-dealkylation sites (N-methyl/N-ethyl adjacent to an activating group) is 1. The number of carbonyl (C=O) groups is 1. The van der Waals surface area contributed by atoms with Gasteiger partial charge in [-0.2, -0.15) is 5.06 Å². The fourth-order valence-electron chi connectivity index (χ4n) is 12.4. The first-order valence-electron chi connectivity index (χ1n) is 37.9. The maximum atomic E-state index is 12.3.